The third kappa shape index (κ3) is 3.99. The molecule has 0 radical (unpaired) electrons. The van der Waals surface area contributed by atoms with E-state index in [-0.39, 0.29) is 30.4 Å². The summed E-state index contributed by atoms with van der Waals surface area (Å²) in [5, 5.41) is 4.93. The number of benzene rings is 1. The molecule has 0 bridgehead atoms. The molecule has 1 aromatic carbocycles. The van der Waals surface area contributed by atoms with Gasteiger partial charge in [-0.2, -0.15) is 0 Å². The minimum Gasteiger partial charge on any atom is -0.455 e. The summed E-state index contributed by atoms with van der Waals surface area (Å²) in [5.41, 5.74) is 1.01. The maximum atomic E-state index is 12.2. The van der Waals surface area contributed by atoms with E-state index in [1.54, 1.807) is 11.3 Å². The first-order chi connectivity index (χ1) is 11.1. The van der Waals surface area contributed by atoms with Gasteiger partial charge in [0.05, 0.1) is 12.0 Å². The molecule has 1 aliphatic rings. The predicted molar refractivity (Wildman–Crippen MR) is 89.0 cm³/mol. The molecule has 1 aliphatic carbocycles. The highest BCUT2D eigenvalue weighted by atomic mass is 32.1. The van der Waals surface area contributed by atoms with Crippen molar-refractivity contribution in [1.82, 2.24) is 5.32 Å². The lowest BCUT2D eigenvalue weighted by Gasteiger charge is -2.18. The van der Waals surface area contributed by atoms with Crippen molar-refractivity contribution in [3.63, 3.8) is 0 Å². The fourth-order valence-electron chi connectivity index (χ4n) is 2.52. The first-order valence-electron chi connectivity index (χ1n) is 7.69. The average molecular weight is 329 g/mol. The van der Waals surface area contributed by atoms with E-state index in [2.05, 4.69) is 5.32 Å². The zero-order valence-electron chi connectivity index (χ0n) is 12.9. The number of carbonyl (C=O) groups is 2. The van der Waals surface area contributed by atoms with Gasteiger partial charge in [0.1, 0.15) is 0 Å². The van der Waals surface area contributed by atoms with Crippen LogP contribution in [0.5, 0.6) is 0 Å². The Kier molecular flexibility index (Phi) is 4.76. The third-order valence-electron chi connectivity index (χ3n) is 4.02. The molecule has 1 N–H and O–H groups in total. The number of ether oxygens (including phenoxy) is 1. The zero-order chi connectivity index (χ0) is 16.2. The van der Waals surface area contributed by atoms with Crippen LogP contribution in [-0.2, 0) is 14.3 Å². The van der Waals surface area contributed by atoms with E-state index in [1.807, 2.05) is 54.8 Å². The number of nitrogens with one attached hydrogen (secondary N) is 1. The van der Waals surface area contributed by atoms with E-state index in [0.717, 1.165) is 16.9 Å². The molecule has 1 saturated carbocycles. The summed E-state index contributed by atoms with van der Waals surface area (Å²) in [7, 11) is 0. The van der Waals surface area contributed by atoms with Gasteiger partial charge in [-0.15, -0.1) is 11.3 Å². The number of esters is 1. The summed E-state index contributed by atoms with van der Waals surface area (Å²) in [5.74, 6) is -0.187. The van der Waals surface area contributed by atoms with Crippen LogP contribution in [0.4, 0.5) is 0 Å². The molecule has 0 unspecified atom stereocenters. The third-order valence-corrected chi connectivity index (χ3v) is 4.96. The smallest absolute Gasteiger partial charge is 0.309 e. The Morgan fingerprint density at radius 3 is 2.61 bits per heavy atom. The molecule has 2 aromatic rings. The molecule has 5 heteroatoms. The van der Waals surface area contributed by atoms with Crippen molar-refractivity contribution in [1.29, 1.82) is 0 Å². The van der Waals surface area contributed by atoms with E-state index >= 15 is 0 Å². The van der Waals surface area contributed by atoms with Crippen LogP contribution in [0.1, 0.15) is 29.8 Å². The minimum absolute atomic E-state index is 0.0231. The summed E-state index contributed by atoms with van der Waals surface area (Å²) in [6.45, 7) is 1.78. The Hall–Kier alpha value is -2.14. The van der Waals surface area contributed by atoms with Crippen LogP contribution in [0.25, 0.3) is 0 Å². The Morgan fingerprint density at radius 2 is 2.00 bits per heavy atom. The lowest BCUT2D eigenvalue weighted by atomic mass is 10.1. The van der Waals surface area contributed by atoms with E-state index in [4.69, 9.17) is 4.74 Å². The molecule has 1 heterocycles. The number of hydrogen-bond acceptors (Lipinski definition) is 4. The summed E-state index contributed by atoms with van der Waals surface area (Å²) in [4.78, 5) is 24.9. The maximum Gasteiger partial charge on any atom is 0.309 e. The normalized spacial score (nSPS) is 20.6. The topological polar surface area (TPSA) is 55.4 Å². The molecule has 0 spiro atoms. The SMILES string of the molecule is C[C@H]1C[C@H]1C(=O)OCC(=O)N[C@@H](c1ccccc1)c1cccs1. The minimum atomic E-state index is -0.283. The van der Waals surface area contributed by atoms with Gasteiger partial charge in [0.25, 0.3) is 5.91 Å². The number of amides is 1. The zero-order valence-corrected chi connectivity index (χ0v) is 13.7. The van der Waals surface area contributed by atoms with Crippen LogP contribution in [0.15, 0.2) is 47.8 Å². The summed E-state index contributed by atoms with van der Waals surface area (Å²) in [6, 6.07) is 13.5. The lowest BCUT2D eigenvalue weighted by Crippen LogP contribution is -2.33. The van der Waals surface area contributed by atoms with Gasteiger partial charge in [-0.3, -0.25) is 9.59 Å². The molecule has 1 aromatic heterocycles. The number of hydrogen-bond donors (Lipinski definition) is 1. The van der Waals surface area contributed by atoms with Gasteiger partial charge in [0.2, 0.25) is 0 Å². The highest BCUT2D eigenvalue weighted by Crippen LogP contribution is 2.38. The van der Waals surface area contributed by atoms with Crippen LogP contribution in [0.3, 0.4) is 0 Å². The molecule has 3 rings (SSSR count). The van der Waals surface area contributed by atoms with Gasteiger partial charge >= 0.3 is 5.97 Å². The second-order valence-corrected chi connectivity index (χ2v) is 6.83. The van der Waals surface area contributed by atoms with Crippen LogP contribution in [0.2, 0.25) is 0 Å². The van der Waals surface area contributed by atoms with Crippen LogP contribution in [0, 0.1) is 11.8 Å². The van der Waals surface area contributed by atoms with E-state index in [1.165, 1.54) is 0 Å². The van der Waals surface area contributed by atoms with Crippen molar-refractivity contribution in [2.45, 2.75) is 19.4 Å². The fraction of sp³-hybridized carbons (Fsp3) is 0.333. The molecular weight excluding hydrogens is 310 g/mol. The van der Waals surface area contributed by atoms with Gasteiger partial charge in [0.15, 0.2) is 6.61 Å². The van der Waals surface area contributed by atoms with E-state index in [9.17, 15) is 9.59 Å². The monoisotopic (exact) mass is 329 g/mol. The van der Waals surface area contributed by atoms with Crippen LogP contribution in [-0.4, -0.2) is 18.5 Å². The largest absolute Gasteiger partial charge is 0.455 e. The predicted octanol–water partition coefficient (Wildman–Crippen LogP) is 3.15. The standard InChI is InChI=1S/C18H19NO3S/c1-12-10-14(12)18(21)22-11-16(20)19-17(15-8-5-9-23-15)13-6-3-2-4-7-13/h2-9,12,14,17H,10-11H2,1H3,(H,19,20)/t12-,14+,17-/m0/s1. The molecule has 0 saturated heterocycles. The summed E-state index contributed by atoms with van der Waals surface area (Å²) < 4.78 is 5.10. The van der Waals surface area contributed by atoms with Gasteiger partial charge in [-0.1, -0.05) is 43.3 Å². The molecule has 1 amide bonds. The van der Waals surface area contributed by atoms with E-state index < -0.39 is 0 Å². The Bertz CT molecular complexity index is 669. The van der Waals surface area contributed by atoms with Crippen molar-refractivity contribution in [2.75, 3.05) is 6.61 Å². The number of rotatable bonds is 6. The molecule has 23 heavy (non-hydrogen) atoms. The van der Waals surface area contributed by atoms with Crippen LogP contribution >= 0.6 is 11.3 Å². The van der Waals surface area contributed by atoms with Crippen molar-refractivity contribution in [2.24, 2.45) is 11.8 Å². The fourth-order valence-corrected chi connectivity index (χ4v) is 3.32. The quantitative estimate of drug-likeness (QED) is 0.828. The Balaban J connectivity index is 1.62. The Morgan fingerprint density at radius 1 is 1.26 bits per heavy atom. The lowest BCUT2D eigenvalue weighted by molar-refractivity contribution is -0.150. The van der Waals surface area contributed by atoms with Crippen molar-refractivity contribution < 1.29 is 14.3 Å². The second-order valence-electron chi connectivity index (χ2n) is 5.85. The molecule has 120 valence electrons. The highest BCUT2D eigenvalue weighted by Gasteiger charge is 2.40. The van der Waals surface area contributed by atoms with Crippen molar-refractivity contribution in [3.8, 4) is 0 Å². The summed E-state index contributed by atoms with van der Waals surface area (Å²) in [6.07, 6.45) is 0.863. The Labute approximate surface area is 139 Å². The van der Waals surface area contributed by atoms with Crippen molar-refractivity contribution >= 4 is 23.2 Å². The van der Waals surface area contributed by atoms with Gasteiger partial charge in [-0.05, 0) is 29.3 Å². The number of carbonyl (C=O) groups excluding carboxylic acids is 2. The highest BCUT2D eigenvalue weighted by molar-refractivity contribution is 7.10. The first-order valence-corrected chi connectivity index (χ1v) is 8.57. The van der Waals surface area contributed by atoms with Crippen molar-refractivity contribution in [3.05, 3.63) is 58.3 Å². The molecule has 3 atom stereocenters. The maximum absolute atomic E-state index is 12.2. The van der Waals surface area contributed by atoms with E-state index in [0.29, 0.717) is 5.92 Å². The number of thiophene rings is 1. The van der Waals surface area contributed by atoms with Gasteiger partial charge < -0.3 is 10.1 Å². The van der Waals surface area contributed by atoms with Crippen LogP contribution < -0.4 is 5.32 Å². The average Bonchev–Trinajstić information content (AvgIpc) is 3.07. The molecule has 4 nitrogen and oxygen atoms in total. The van der Waals surface area contributed by atoms with Gasteiger partial charge in [-0.25, -0.2) is 0 Å². The summed E-state index contributed by atoms with van der Waals surface area (Å²) >= 11 is 1.58. The van der Waals surface area contributed by atoms with Gasteiger partial charge in [0, 0.05) is 4.88 Å². The molecule has 0 aliphatic heterocycles. The molecular formula is C18H19NO3S. The molecule has 1 fully saturated rings. The first kappa shape index (κ1) is 15.7. The second kappa shape index (κ2) is 6.96.